The third-order valence-corrected chi connectivity index (χ3v) is 5.46. The zero-order valence-electron chi connectivity index (χ0n) is 14.0. The van der Waals surface area contributed by atoms with Crippen molar-refractivity contribution in [3.05, 3.63) is 34.9 Å². The first-order valence-corrected chi connectivity index (χ1v) is 8.81. The van der Waals surface area contributed by atoms with Gasteiger partial charge in [-0.1, -0.05) is 29.3 Å². The van der Waals surface area contributed by atoms with E-state index in [1.165, 1.54) is 43.5 Å². The number of nitrogens with one attached hydrogen (secondary N) is 1. The normalized spacial score (nSPS) is 25.5. The van der Waals surface area contributed by atoms with Crippen LogP contribution in [0, 0.1) is 25.7 Å². The number of β-amino-alcohol motifs (C(OH)–C–C–N with tert-alkyl or cyclic N) is 1. The zero-order valence-corrected chi connectivity index (χ0v) is 14.0. The molecule has 0 bridgehead atoms. The smallest absolute Gasteiger partial charge is 0.0917 e. The summed E-state index contributed by atoms with van der Waals surface area (Å²) in [5, 5.41) is 14.0. The van der Waals surface area contributed by atoms with Gasteiger partial charge in [0.25, 0.3) is 0 Å². The van der Waals surface area contributed by atoms with Crippen molar-refractivity contribution in [2.75, 3.05) is 32.7 Å². The van der Waals surface area contributed by atoms with Gasteiger partial charge in [-0.2, -0.15) is 0 Å². The topological polar surface area (TPSA) is 35.5 Å². The molecule has 2 atom stereocenters. The first-order chi connectivity index (χ1) is 10.6. The summed E-state index contributed by atoms with van der Waals surface area (Å²) in [6.45, 7) is 9.69. The SMILES string of the molecule is Cc1cc(C)cc(C(O)CN2CCC(C3CCNC3)CC2)c1. The molecular weight excluding hydrogens is 272 g/mol. The molecule has 22 heavy (non-hydrogen) atoms. The Balaban J connectivity index is 1.51. The minimum atomic E-state index is -0.358. The first kappa shape index (κ1) is 16.0. The lowest BCUT2D eigenvalue weighted by Crippen LogP contribution is -2.38. The highest BCUT2D eigenvalue weighted by Crippen LogP contribution is 2.29. The molecule has 0 saturated carbocycles. The van der Waals surface area contributed by atoms with Crippen LogP contribution in [0.5, 0.6) is 0 Å². The Morgan fingerprint density at radius 2 is 1.77 bits per heavy atom. The molecule has 0 amide bonds. The van der Waals surface area contributed by atoms with E-state index in [0.29, 0.717) is 0 Å². The van der Waals surface area contributed by atoms with Gasteiger partial charge in [0.1, 0.15) is 0 Å². The average molecular weight is 302 g/mol. The second-order valence-electron chi connectivity index (χ2n) is 7.33. The monoisotopic (exact) mass is 302 g/mol. The predicted molar refractivity (Wildman–Crippen MR) is 91.0 cm³/mol. The lowest BCUT2D eigenvalue weighted by atomic mass is 9.83. The molecule has 2 N–H and O–H groups in total. The second kappa shape index (κ2) is 7.12. The van der Waals surface area contributed by atoms with E-state index < -0.39 is 0 Å². The molecule has 0 aliphatic carbocycles. The second-order valence-corrected chi connectivity index (χ2v) is 7.33. The van der Waals surface area contributed by atoms with Crippen molar-refractivity contribution in [1.82, 2.24) is 10.2 Å². The molecule has 0 radical (unpaired) electrons. The summed E-state index contributed by atoms with van der Waals surface area (Å²) in [5.74, 6) is 1.79. The van der Waals surface area contributed by atoms with Crippen LogP contribution < -0.4 is 5.32 Å². The lowest BCUT2D eigenvalue weighted by molar-refractivity contribution is 0.0802. The van der Waals surface area contributed by atoms with Crippen molar-refractivity contribution in [2.24, 2.45) is 11.8 Å². The molecular formula is C19H30N2O. The fourth-order valence-electron chi connectivity index (χ4n) is 4.24. The standard InChI is InChI=1S/C19H30N2O/c1-14-9-15(2)11-18(10-14)19(22)13-21-7-4-16(5-8-21)17-3-6-20-12-17/h9-11,16-17,19-20,22H,3-8,12-13H2,1-2H3. The van der Waals surface area contributed by atoms with Gasteiger partial charge in [-0.15, -0.1) is 0 Å². The summed E-state index contributed by atoms with van der Waals surface area (Å²) < 4.78 is 0. The maximum atomic E-state index is 10.5. The van der Waals surface area contributed by atoms with E-state index in [-0.39, 0.29) is 6.10 Å². The molecule has 0 spiro atoms. The number of benzene rings is 1. The van der Waals surface area contributed by atoms with E-state index in [0.717, 1.165) is 37.0 Å². The summed E-state index contributed by atoms with van der Waals surface area (Å²) in [6.07, 6.45) is 3.59. The van der Waals surface area contributed by atoms with E-state index in [9.17, 15) is 5.11 Å². The van der Waals surface area contributed by atoms with E-state index in [4.69, 9.17) is 0 Å². The summed E-state index contributed by atoms with van der Waals surface area (Å²) in [5.41, 5.74) is 3.54. The molecule has 2 fully saturated rings. The van der Waals surface area contributed by atoms with Crippen molar-refractivity contribution in [1.29, 1.82) is 0 Å². The van der Waals surface area contributed by atoms with Gasteiger partial charge in [-0.3, -0.25) is 0 Å². The van der Waals surface area contributed by atoms with E-state index in [2.05, 4.69) is 42.3 Å². The molecule has 3 heteroatoms. The number of nitrogens with zero attached hydrogens (tertiary/aromatic N) is 1. The van der Waals surface area contributed by atoms with Crippen molar-refractivity contribution in [2.45, 2.75) is 39.2 Å². The number of aliphatic hydroxyl groups is 1. The minimum absolute atomic E-state index is 0.358. The quantitative estimate of drug-likeness (QED) is 0.897. The molecule has 3 nitrogen and oxygen atoms in total. The maximum Gasteiger partial charge on any atom is 0.0917 e. The van der Waals surface area contributed by atoms with Gasteiger partial charge in [0.05, 0.1) is 6.10 Å². The van der Waals surface area contributed by atoms with Crippen LogP contribution in [0.2, 0.25) is 0 Å². The van der Waals surface area contributed by atoms with E-state index in [1.54, 1.807) is 0 Å². The van der Waals surface area contributed by atoms with Crippen molar-refractivity contribution in [3.63, 3.8) is 0 Å². The summed E-state index contributed by atoms with van der Waals surface area (Å²) in [4.78, 5) is 2.45. The molecule has 2 unspecified atom stereocenters. The third-order valence-electron chi connectivity index (χ3n) is 5.46. The van der Waals surface area contributed by atoms with Crippen LogP contribution in [0.25, 0.3) is 0 Å². The lowest BCUT2D eigenvalue weighted by Gasteiger charge is -2.35. The Kier molecular flexibility index (Phi) is 5.17. The molecule has 0 aromatic heterocycles. The summed E-state index contributed by atoms with van der Waals surface area (Å²) in [7, 11) is 0. The van der Waals surface area contributed by atoms with Gasteiger partial charge in [-0.25, -0.2) is 0 Å². The Bertz CT molecular complexity index is 468. The van der Waals surface area contributed by atoms with Crippen LogP contribution in [-0.2, 0) is 0 Å². The maximum absolute atomic E-state index is 10.5. The predicted octanol–water partition coefficient (Wildman–Crippen LogP) is 2.66. The average Bonchev–Trinajstić information content (AvgIpc) is 3.01. The third kappa shape index (κ3) is 3.89. The van der Waals surface area contributed by atoms with Crippen LogP contribution in [0.15, 0.2) is 18.2 Å². The highest BCUT2D eigenvalue weighted by molar-refractivity contribution is 5.30. The van der Waals surface area contributed by atoms with Gasteiger partial charge >= 0.3 is 0 Å². The van der Waals surface area contributed by atoms with E-state index in [1.807, 2.05) is 0 Å². The van der Waals surface area contributed by atoms with Crippen LogP contribution in [0.4, 0.5) is 0 Å². The molecule has 2 aliphatic heterocycles. The first-order valence-electron chi connectivity index (χ1n) is 8.81. The van der Waals surface area contributed by atoms with Gasteiger partial charge in [0.15, 0.2) is 0 Å². The molecule has 2 heterocycles. The number of hydrogen-bond donors (Lipinski definition) is 2. The zero-order chi connectivity index (χ0) is 15.5. The van der Waals surface area contributed by atoms with Gasteiger partial charge in [0, 0.05) is 6.54 Å². The van der Waals surface area contributed by atoms with Crippen LogP contribution in [0.3, 0.4) is 0 Å². The van der Waals surface area contributed by atoms with Gasteiger partial charge < -0.3 is 15.3 Å². The molecule has 2 aliphatic rings. The van der Waals surface area contributed by atoms with Crippen LogP contribution >= 0.6 is 0 Å². The number of rotatable bonds is 4. The van der Waals surface area contributed by atoms with Gasteiger partial charge in [-0.05, 0) is 76.7 Å². The van der Waals surface area contributed by atoms with Crippen molar-refractivity contribution < 1.29 is 5.11 Å². The highest BCUT2D eigenvalue weighted by Gasteiger charge is 2.29. The number of aliphatic hydroxyl groups excluding tert-OH is 1. The fourth-order valence-corrected chi connectivity index (χ4v) is 4.24. The Hall–Kier alpha value is -0.900. The summed E-state index contributed by atoms with van der Waals surface area (Å²) in [6, 6.07) is 6.40. The van der Waals surface area contributed by atoms with Gasteiger partial charge in [0.2, 0.25) is 0 Å². The minimum Gasteiger partial charge on any atom is -0.387 e. The van der Waals surface area contributed by atoms with Crippen LogP contribution in [0.1, 0.15) is 42.1 Å². The fraction of sp³-hybridized carbons (Fsp3) is 0.684. The van der Waals surface area contributed by atoms with Crippen LogP contribution in [-0.4, -0.2) is 42.7 Å². The Morgan fingerprint density at radius 1 is 1.09 bits per heavy atom. The summed E-state index contributed by atoms with van der Waals surface area (Å²) >= 11 is 0. The molecule has 1 aromatic rings. The number of hydrogen-bond acceptors (Lipinski definition) is 3. The number of likely N-dealkylation sites (tertiary alicyclic amines) is 1. The van der Waals surface area contributed by atoms with Crippen molar-refractivity contribution >= 4 is 0 Å². The molecule has 3 rings (SSSR count). The Morgan fingerprint density at radius 3 is 2.36 bits per heavy atom. The molecule has 2 saturated heterocycles. The number of aryl methyl sites for hydroxylation is 2. The molecule has 122 valence electrons. The van der Waals surface area contributed by atoms with E-state index >= 15 is 0 Å². The van der Waals surface area contributed by atoms with Crippen molar-refractivity contribution in [3.8, 4) is 0 Å². The molecule has 1 aromatic carbocycles. The Labute approximate surface area is 134 Å². The number of piperidine rings is 1. The largest absolute Gasteiger partial charge is 0.387 e. The highest BCUT2D eigenvalue weighted by atomic mass is 16.3.